The molecule has 1 heterocycles. The van der Waals surface area contributed by atoms with E-state index in [4.69, 9.17) is 0 Å². The fraction of sp³-hybridized carbons (Fsp3) is 0.500. The molecule has 1 N–H and O–H groups in total. The highest BCUT2D eigenvalue weighted by Crippen LogP contribution is 2.19. The largest absolute Gasteiger partial charge is 0.346 e. The molecule has 2 heteroatoms. The molecular weight excluding hydrogens is 220 g/mol. The van der Waals surface area contributed by atoms with Crippen LogP contribution < -0.4 is 5.32 Å². The van der Waals surface area contributed by atoms with E-state index in [9.17, 15) is 0 Å². The van der Waals surface area contributed by atoms with Crippen LogP contribution in [0.2, 0.25) is 0 Å². The van der Waals surface area contributed by atoms with Crippen LogP contribution in [0.3, 0.4) is 0 Å². The number of hydrogen-bond acceptors (Lipinski definition) is 1. The molecule has 0 spiro atoms. The third-order valence-electron chi connectivity index (χ3n) is 3.76. The zero-order chi connectivity index (χ0) is 13.0. The molecule has 0 aliphatic carbocycles. The summed E-state index contributed by atoms with van der Waals surface area (Å²) in [6, 6.07) is 9.30. The highest BCUT2D eigenvalue weighted by Gasteiger charge is 2.05. The SMILES string of the molecule is CCC(CC)NCCn1cc(C)c2ccccc21. The van der Waals surface area contributed by atoms with Crippen LogP contribution in [0.1, 0.15) is 32.3 Å². The number of nitrogens with one attached hydrogen (secondary N) is 1. The number of para-hydroxylation sites is 1. The molecule has 2 aromatic rings. The molecular formula is C16H24N2. The van der Waals surface area contributed by atoms with Gasteiger partial charge >= 0.3 is 0 Å². The lowest BCUT2D eigenvalue weighted by Crippen LogP contribution is -2.30. The molecule has 1 aromatic carbocycles. The van der Waals surface area contributed by atoms with Crippen LogP contribution >= 0.6 is 0 Å². The standard InChI is InChI=1S/C16H24N2/c1-4-14(5-2)17-10-11-18-12-13(3)15-8-6-7-9-16(15)18/h6-9,12,14,17H,4-5,10-11H2,1-3H3. The summed E-state index contributed by atoms with van der Waals surface area (Å²) in [6.07, 6.45) is 4.68. The lowest BCUT2D eigenvalue weighted by molar-refractivity contribution is 0.468. The molecule has 0 unspecified atom stereocenters. The minimum absolute atomic E-state index is 0.660. The van der Waals surface area contributed by atoms with Crippen molar-refractivity contribution in [1.29, 1.82) is 0 Å². The number of fused-ring (bicyclic) bond motifs is 1. The van der Waals surface area contributed by atoms with E-state index in [1.54, 1.807) is 0 Å². The first-order valence-corrected chi connectivity index (χ1v) is 7.04. The van der Waals surface area contributed by atoms with Crippen molar-refractivity contribution in [3.05, 3.63) is 36.0 Å². The molecule has 0 aliphatic heterocycles. The van der Waals surface area contributed by atoms with Gasteiger partial charge in [0.25, 0.3) is 0 Å². The Morgan fingerprint density at radius 2 is 1.89 bits per heavy atom. The molecule has 1 aromatic heterocycles. The van der Waals surface area contributed by atoms with E-state index in [-0.39, 0.29) is 0 Å². The van der Waals surface area contributed by atoms with Gasteiger partial charge in [-0.1, -0.05) is 32.0 Å². The third kappa shape index (κ3) is 2.75. The molecule has 0 radical (unpaired) electrons. The Morgan fingerprint density at radius 1 is 1.17 bits per heavy atom. The Morgan fingerprint density at radius 3 is 2.61 bits per heavy atom. The predicted octanol–water partition coefficient (Wildman–Crippen LogP) is 3.73. The number of hydrogen-bond donors (Lipinski definition) is 1. The summed E-state index contributed by atoms with van der Waals surface area (Å²) in [5.41, 5.74) is 2.72. The number of rotatable bonds is 6. The van der Waals surface area contributed by atoms with Gasteiger partial charge < -0.3 is 9.88 Å². The molecule has 18 heavy (non-hydrogen) atoms. The molecule has 0 saturated heterocycles. The Balaban J connectivity index is 2.04. The summed E-state index contributed by atoms with van der Waals surface area (Å²) < 4.78 is 2.36. The highest BCUT2D eigenvalue weighted by molar-refractivity contribution is 5.83. The van der Waals surface area contributed by atoms with Crippen molar-refractivity contribution in [2.24, 2.45) is 0 Å². The second kappa shape index (κ2) is 6.05. The van der Waals surface area contributed by atoms with Crippen molar-refractivity contribution in [3.63, 3.8) is 0 Å². The number of aromatic nitrogens is 1. The maximum absolute atomic E-state index is 3.62. The molecule has 0 fully saturated rings. The molecule has 98 valence electrons. The topological polar surface area (TPSA) is 17.0 Å². The van der Waals surface area contributed by atoms with Gasteiger partial charge in [-0.3, -0.25) is 0 Å². The van der Waals surface area contributed by atoms with Gasteiger partial charge in [-0.25, -0.2) is 0 Å². The van der Waals surface area contributed by atoms with E-state index in [2.05, 4.69) is 61.1 Å². The van der Waals surface area contributed by atoms with Gasteiger partial charge in [0.05, 0.1) is 0 Å². The first-order valence-electron chi connectivity index (χ1n) is 7.04. The Hall–Kier alpha value is -1.28. The molecule has 0 saturated carbocycles. The lowest BCUT2D eigenvalue weighted by Gasteiger charge is -2.15. The summed E-state index contributed by atoms with van der Waals surface area (Å²) in [7, 11) is 0. The van der Waals surface area contributed by atoms with Gasteiger partial charge in [-0.2, -0.15) is 0 Å². The number of nitrogens with zero attached hydrogens (tertiary/aromatic N) is 1. The molecule has 0 bridgehead atoms. The van der Waals surface area contributed by atoms with E-state index in [1.165, 1.54) is 29.3 Å². The van der Waals surface area contributed by atoms with Crippen molar-refractivity contribution in [3.8, 4) is 0 Å². The van der Waals surface area contributed by atoms with Crippen LogP contribution in [0, 0.1) is 6.92 Å². The van der Waals surface area contributed by atoms with Crippen molar-refractivity contribution in [1.82, 2.24) is 9.88 Å². The monoisotopic (exact) mass is 244 g/mol. The van der Waals surface area contributed by atoms with Crippen LogP contribution in [-0.4, -0.2) is 17.2 Å². The predicted molar refractivity (Wildman–Crippen MR) is 79.0 cm³/mol. The van der Waals surface area contributed by atoms with E-state index < -0.39 is 0 Å². The second-order valence-corrected chi connectivity index (χ2v) is 4.99. The average molecular weight is 244 g/mol. The molecule has 2 rings (SSSR count). The summed E-state index contributed by atoms with van der Waals surface area (Å²) in [5.74, 6) is 0. The first-order chi connectivity index (χ1) is 8.76. The maximum Gasteiger partial charge on any atom is 0.0483 e. The first kappa shape index (κ1) is 13.2. The summed E-state index contributed by atoms with van der Waals surface area (Å²) >= 11 is 0. The summed E-state index contributed by atoms with van der Waals surface area (Å²) in [4.78, 5) is 0. The number of benzene rings is 1. The minimum Gasteiger partial charge on any atom is -0.346 e. The van der Waals surface area contributed by atoms with E-state index in [1.807, 2.05) is 0 Å². The van der Waals surface area contributed by atoms with E-state index in [0.717, 1.165) is 13.1 Å². The summed E-state index contributed by atoms with van der Waals surface area (Å²) in [5, 5.41) is 5.00. The molecule has 2 nitrogen and oxygen atoms in total. The summed E-state index contributed by atoms with van der Waals surface area (Å²) in [6.45, 7) is 8.77. The van der Waals surface area contributed by atoms with Crippen LogP contribution in [0.5, 0.6) is 0 Å². The lowest BCUT2D eigenvalue weighted by atomic mass is 10.2. The Kier molecular flexibility index (Phi) is 4.43. The second-order valence-electron chi connectivity index (χ2n) is 4.99. The van der Waals surface area contributed by atoms with Crippen molar-refractivity contribution >= 4 is 10.9 Å². The van der Waals surface area contributed by atoms with Crippen LogP contribution in [-0.2, 0) is 6.54 Å². The Labute approximate surface area is 110 Å². The van der Waals surface area contributed by atoms with Gasteiger partial charge in [0.15, 0.2) is 0 Å². The van der Waals surface area contributed by atoms with Crippen LogP contribution in [0.4, 0.5) is 0 Å². The third-order valence-corrected chi connectivity index (χ3v) is 3.76. The molecule has 0 aliphatic rings. The fourth-order valence-corrected chi connectivity index (χ4v) is 2.58. The fourth-order valence-electron chi connectivity index (χ4n) is 2.58. The van der Waals surface area contributed by atoms with Crippen molar-refractivity contribution in [2.45, 2.75) is 46.2 Å². The smallest absolute Gasteiger partial charge is 0.0483 e. The van der Waals surface area contributed by atoms with Crippen LogP contribution in [0.25, 0.3) is 10.9 Å². The van der Waals surface area contributed by atoms with Gasteiger partial charge in [0.2, 0.25) is 0 Å². The average Bonchev–Trinajstić information content (AvgIpc) is 2.72. The van der Waals surface area contributed by atoms with Crippen molar-refractivity contribution < 1.29 is 0 Å². The van der Waals surface area contributed by atoms with Gasteiger partial charge in [-0.05, 0) is 31.4 Å². The molecule has 0 atom stereocenters. The zero-order valence-electron chi connectivity index (χ0n) is 11.7. The Bertz CT molecular complexity index is 495. The zero-order valence-corrected chi connectivity index (χ0v) is 11.7. The van der Waals surface area contributed by atoms with E-state index >= 15 is 0 Å². The quantitative estimate of drug-likeness (QED) is 0.819. The van der Waals surface area contributed by atoms with Crippen molar-refractivity contribution in [2.75, 3.05) is 6.54 Å². The molecule has 0 amide bonds. The number of aryl methyl sites for hydroxylation is 1. The van der Waals surface area contributed by atoms with E-state index in [0.29, 0.717) is 6.04 Å². The van der Waals surface area contributed by atoms with Gasteiger partial charge in [0, 0.05) is 36.2 Å². The minimum atomic E-state index is 0.660. The van der Waals surface area contributed by atoms with Gasteiger partial charge in [-0.15, -0.1) is 0 Å². The van der Waals surface area contributed by atoms with Gasteiger partial charge in [0.1, 0.15) is 0 Å². The van der Waals surface area contributed by atoms with Crippen LogP contribution in [0.15, 0.2) is 30.5 Å². The maximum atomic E-state index is 3.62. The highest BCUT2D eigenvalue weighted by atomic mass is 15.0. The normalized spacial score (nSPS) is 11.6.